The summed E-state index contributed by atoms with van der Waals surface area (Å²) >= 11 is 0. The molecule has 0 saturated carbocycles. The van der Waals surface area contributed by atoms with Gasteiger partial charge in [0.05, 0.1) is 0 Å². The molecular weight excluding hydrogens is 338 g/mol. The van der Waals surface area contributed by atoms with E-state index in [-0.39, 0.29) is 5.91 Å². The Morgan fingerprint density at radius 3 is 2.52 bits per heavy atom. The van der Waals surface area contributed by atoms with Crippen LogP contribution in [0.5, 0.6) is 11.5 Å². The number of amides is 1. The second kappa shape index (κ2) is 9.26. The Morgan fingerprint density at radius 2 is 1.81 bits per heavy atom. The van der Waals surface area contributed by atoms with E-state index >= 15 is 0 Å². The van der Waals surface area contributed by atoms with Gasteiger partial charge in [0.2, 0.25) is 0 Å². The zero-order chi connectivity index (χ0) is 19.1. The Hall–Kier alpha value is -2.75. The molecule has 0 spiro atoms. The van der Waals surface area contributed by atoms with E-state index in [4.69, 9.17) is 9.47 Å². The maximum atomic E-state index is 12.6. The van der Waals surface area contributed by atoms with Crippen molar-refractivity contribution in [1.29, 1.82) is 0 Å². The Bertz CT molecular complexity index is 783. The lowest BCUT2D eigenvalue weighted by atomic mass is 9.92. The molecule has 4 nitrogen and oxygen atoms in total. The molecule has 4 heteroatoms. The summed E-state index contributed by atoms with van der Waals surface area (Å²) in [7, 11) is 0. The van der Waals surface area contributed by atoms with Gasteiger partial charge in [-0.1, -0.05) is 25.6 Å². The van der Waals surface area contributed by atoms with E-state index in [2.05, 4.69) is 24.0 Å². The van der Waals surface area contributed by atoms with Gasteiger partial charge in [-0.25, -0.2) is 0 Å². The Balaban J connectivity index is 1.61. The van der Waals surface area contributed by atoms with E-state index in [1.807, 2.05) is 37.3 Å². The van der Waals surface area contributed by atoms with E-state index < -0.39 is 6.10 Å². The maximum absolute atomic E-state index is 12.6. The summed E-state index contributed by atoms with van der Waals surface area (Å²) in [6.45, 7) is 6.03. The summed E-state index contributed by atoms with van der Waals surface area (Å²) in [6, 6.07) is 13.5. The van der Waals surface area contributed by atoms with Gasteiger partial charge in [-0.2, -0.15) is 0 Å². The van der Waals surface area contributed by atoms with Crippen LogP contribution in [0.25, 0.3) is 0 Å². The van der Waals surface area contributed by atoms with Crippen LogP contribution in [0.1, 0.15) is 37.3 Å². The lowest BCUT2D eigenvalue weighted by molar-refractivity contribution is -0.122. The first-order valence-corrected chi connectivity index (χ1v) is 9.62. The summed E-state index contributed by atoms with van der Waals surface area (Å²) in [4.78, 5) is 12.6. The summed E-state index contributed by atoms with van der Waals surface area (Å²) in [5, 5.41) is 2.92. The Labute approximate surface area is 161 Å². The second-order valence-corrected chi connectivity index (χ2v) is 6.77. The molecule has 2 aromatic carbocycles. The molecule has 0 radical (unpaired) electrons. The number of benzene rings is 2. The molecule has 0 fully saturated rings. The van der Waals surface area contributed by atoms with E-state index in [1.54, 1.807) is 6.08 Å². The lowest BCUT2D eigenvalue weighted by Gasteiger charge is -2.20. The first-order valence-electron chi connectivity index (χ1n) is 9.62. The van der Waals surface area contributed by atoms with Crippen LogP contribution in [0.15, 0.2) is 55.1 Å². The first kappa shape index (κ1) is 19.0. The molecule has 0 aromatic heterocycles. The fraction of sp³-hybridized carbons (Fsp3) is 0.348. The van der Waals surface area contributed by atoms with Gasteiger partial charge < -0.3 is 14.8 Å². The SMILES string of the molecule is C=CCOc1ccc(NC(=O)[C@@H](CC)Oc2ccc3c(c2)CCCC3)cc1. The summed E-state index contributed by atoms with van der Waals surface area (Å²) in [5.74, 6) is 1.37. The standard InChI is InChI=1S/C23H27NO3/c1-3-15-26-20-13-10-19(11-14-20)24-23(25)22(4-2)27-21-12-9-17-7-5-6-8-18(17)16-21/h3,9-14,16,22H,1,4-8,15H2,2H3,(H,24,25)/t22-/m1/s1. The molecule has 1 atom stereocenters. The topological polar surface area (TPSA) is 47.6 Å². The number of carbonyl (C=O) groups is 1. The molecule has 3 rings (SSSR count). The van der Waals surface area contributed by atoms with Crippen molar-refractivity contribution in [3.8, 4) is 11.5 Å². The van der Waals surface area contributed by atoms with Crippen molar-refractivity contribution in [3.05, 3.63) is 66.2 Å². The van der Waals surface area contributed by atoms with Gasteiger partial charge in [0, 0.05) is 5.69 Å². The zero-order valence-electron chi connectivity index (χ0n) is 15.9. The molecule has 1 aliphatic rings. The number of nitrogens with one attached hydrogen (secondary N) is 1. The number of rotatable bonds is 8. The van der Waals surface area contributed by atoms with Gasteiger partial charge in [0.1, 0.15) is 18.1 Å². The number of carbonyl (C=O) groups excluding carboxylic acids is 1. The molecule has 0 aliphatic heterocycles. The smallest absolute Gasteiger partial charge is 0.265 e. The van der Waals surface area contributed by atoms with Gasteiger partial charge in [-0.05, 0) is 79.6 Å². The highest BCUT2D eigenvalue weighted by Gasteiger charge is 2.19. The Kier molecular flexibility index (Phi) is 6.53. The quantitative estimate of drug-likeness (QED) is 0.675. The van der Waals surface area contributed by atoms with Gasteiger partial charge in [-0.15, -0.1) is 0 Å². The third kappa shape index (κ3) is 5.13. The van der Waals surface area contributed by atoms with Crippen molar-refractivity contribution >= 4 is 11.6 Å². The minimum Gasteiger partial charge on any atom is -0.490 e. The zero-order valence-corrected chi connectivity index (χ0v) is 15.9. The molecule has 0 saturated heterocycles. The molecule has 0 heterocycles. The molecule has 1 N–H and O–H groups in total. The predicted octanol–water partition coefficient (Wildman–Crippen LogP) is 4.93. The fourth-order valence-electron chi connectivity index (χ4n) is 3.28. The maximum Gasteiger partial charge on any atom is 0.265 e. The molecule has 0 unspecified atom stereocenters. The normalized spacial score (nSPS) is 14.0. The van der Waals surface area contributed by atoms with Crippen molar-refractivity contribution in [1.82, 2.24) is 0 Å². The molecule has 27 heavy (non-hydrogen) atoms. The van der Waals surface area contributed by atoms with Crippen molar-refractivity contribution in [2.45, 2.75) is 45.1 Å². The molecule has 1 aliphatic carbocycles. The van der Waals surface area contributed by atoms with Gasteiger partial charge >= 0.3 is 0 Å². The molecule has 142 valence electrons. The number of hydrogen-bond acceptors (Lipinski definition) is 3. The Morgan fingerprint density at radius 1 is 1.11 bits per heavy atom. The largest absolute Gasteiger partial charge is 0.490 e. The number of aryl methyl sites for hydroxylation is 2. The second-order valence-electron chi connectivity index (χ2n) is 6.77. The van der Waals surface area contributed by atoms with Crippen LogP contribution in [-0.2, 0) is 17.6 Å². The summed E-state index contributed by atoms with van der Waals surface area (Å²) < 4.78 is 11.4. The van der Waals surface area contributed by atoms with Crippen molar-refractivity contribution in [2.24, 2.45) is 0 Å². The third-order valence-corrected chi connectivity index (χ3v) is 4.75. The van der Waals surface area contributed by atoms with E-state index in [0.717, 1.165) is 30.0 Å². The minimum atomic E-state index is -0.525. The highest BCUT2D eigenvalue weighted by atomic mass is 16.5. The highest BCUT2D eigenvalue weighted by Crippen LogP contribution is 2.26. The van der Waals surface area contributed by atoms with Gasteiger partial charge in [0.25, 0.3) is 5.91 Å². The molecular formula is C23H27NO3. The van der Waals surface area contributed by atoms with E-state index in [0.29, 0.717) is 13.0 Å². The van der Waals surface area contributed by atoms with E-state index in [1.165, 1.54) is 24.0 Å². The predicted molar refractivity (Wildman–Crippen MR) is 109 cm³/mol. The van der Waals surface area contributed by atoms with Gasteiger partial charge in [0.15, 0.2) is 6.10 Å². The van der Waals surface area contributed by atoms with Crippen LogP contribution in [0.4, 0.5) is 5.69 Å². The van der Waals surface area contributed by atoms with Crippen LogP contribution in [0.3, 0.4) is 0 Å². The number of anilines is 1. The van der Waals surface area contributed by atoms with Crippen LogP contribution >= 0.6 is 0 Å². The molecule has 0 bridgehead atoms. The van der Waals surface area contributed by atoms with E-state index in [9.17, 15) is 4.79 Å². The number of ether oxygens (including phenoxy) is 2. The lowest BCUT2D eigenvalue weighted by Crippen LogP contribution is -2.32. The number of hydrogen-bond donors (Lipinski definition) is 1. The van der Waals surface area contributed by atoms with Gasteiger partial charge in [-0.3, -0.25) is 4.79 Å². The molecule has 2 aromatic rings. The highest BCUT2D eigenvalue weighted by molar-refractivity contribution is 5.94. The monoisotopic (exact) mass is 365 g/mol. The first-order chi connectivity index (χ1) is 13.2. The molecule has 1 amide bonds. The van der Waals surface area contributed by atoms with Crippen LogP contribution in [0.2, 0.25) is 0 Å². The average molecular weight is 365 g/mol. The average Bonchev–Trinajstić information content (AvgIpc) is 2.71. The fourth-order valence-corrected chi connectivity index (χ4v) is 3.28. The minimum absolute atomic E-state index is 0.144. The van der Waals surface area contributed by atoms with Crippen molar-refractivity contribution < 1.29 is 14.3 Å². The third-order valence-electron chi connectivity index (χ3n) is 4.75. The summed E-state index contributed by atoms with van der Waals surface area (Å²) in [6.07, 6.45) is 6.48. The van der Waals surface area contributed by atoms with Crippen molar-refractivity contribution in [2.75, 3.05) is 11.9 Å². The van der Waals surface area contributed by atoms with Crippen LogP contribution in [0, 0.1) is 0 Å². The van der Waals surface area contributed by atoms with Crippen LogP contribution < -0.4 is 14.8 Å². The number of fused-ring (bicyclic) bond motifs is 1. The summed E-state index contributed by atoms with van der Waals surface area (Å²) in [5.41, 5.74) is 3.48. The van der Waals surface area contributed by atoms with Crippen molar-refractivity contribution in [3.63, 3.8) is 0 Å². The van der Waals surface area contributed by atoms with Crippen LogP contribution in [-0.4, -0.2) is 18.6 Å².